The molecule has 0 aromatic carbocycles. The first-order valence-corrected chi connectivity index (χ1v) is 12.4. The summed E-state index contributed by atoms with van der Waals surface area (Å²) in [6.45, 7) is 7.37. The van der Waals surface area contributed by atoms with Gasteiger partial charge in [0.05, 0.1) is 11.1 Å². The molecular weight excluding hydrogens is 402 g/mol. The Labute approximate surface area is 179 Å². The SMILES string of the molecule is Cc1nc2sc3c(c2c2nnc(SCC(=O)N4CCCCC4C)n12)CCC(C)C3. The molecule has 1 amide bonds. The van der Waals surface area contributed by atoms with Gasteiger partial charge in [-0.25, -0.2) is 4.98 Å². The van der Waals surface area contributed by atoms with Gasteiger partial charge in [0, 0.05) is 17.5 Å². The maximum Gasteiger partial charge on any atom is 0.233 e. The summed E-state index contributed by atoms with van der Waals surface area (Å²) in [7, 11) is 0. The summed E-state index contributed by atoms with van der Waals surface area (Å²) >= 11 is 3.30. The predicted octanol–water partition coefficient (Wildman–Crippen LogP) is 4.27. The number of amides is 1. The number of thiophene rings is 1. The van der Waals surface area contributed by atoms with Gasteiger partial charge in [-0.05, 0) is 63.9 Å². The van der Waals surface area contributed by atoms with Crippen molar-refractivity contribution in [3.63, 3.8) is 0 Å². The van der Waals surface area contributed by atoms with Crippen LogP contribution in [-0.2, 0) is 17.6 Å². The molecule has 0 spiro atoms. The summed E-state index contributed by atoms with van der Waals surface area (Å²) in [6.07, 6.45) is 6.89. The standard InChI is InChI=1S/C21H27N5OS2/c1-12-7-8-15-16(10-12)29-20-18(15)19-23-24-21(26(19)14(3)22-20)28-11-17(27)25-9-5-4-6-13(25)2/h12-13H,4-11H2,1-3H3. The van der Waals surface area contributed by atoms with Crippen molar-refractivity contribution in [2.45, 2.75) is 70.5 Å². The Kier molecular flexibility index (Phi) is 5.02. The minimum atomic E-state index is 0.201. The molecule has 154 valence electrons. The van der Waals surface area contributed by atoms with Gasteiger partial charge in [0.1, 0.15) is 10.7 Å². The largest absolute Gasteiger partial charge is 0.339 e. The molecule has 3 aromatic rings. The first-order valence-electron chi connectivity index (χ1n) is 10.6. The van der Waals surface area contributed by atoms with E-state index in [0.29, 0.717) is 11.8 Å². The van der Waals surface area contributed by atoms with E-state index in [1.54, 1.807) is 0 Å². The second-order valence-corrected chi connectivity index (χ2v) is 10.6. The van der Waals surface area contributed by atoms with Crippen LogP contribution in [0, 0.1) is 12.8 Å². The fraction of sp³-hybridized carbons (Fsp3) is 0.619. The number of aromatic nitrogens is 4. The number of nitrogens with zero attached hydrogens (tertiary/aromatic N) is 5. The van der Waals surface area contributed by atoms with Gasteiger partial charge in [-0.2, -0.15) is 0 Å². The smallest absolute Gasteiger partial charge is 0.233 e. The van der Waals surface area contributed by atoms with E-state index >= 15 is 0 Å². The molecule has 0 bridgehead atoms. The normalized spacial score (nSPS) is 22.4. The van der Waals surface area contributed by atoms with Gasteiger partial charge in [-0.1, -0.05) is 18.7 Å². The summed E-state index contributed by atoms with van der Waals surface area (Å²) in [5.41, 5.74) is 2.32. The third-order valence-corrected chi connectivity index (χ3v) is 8.45. The average Bonchev–Trinajstić information content (AvgIpc) is 3.27. The van der Waals surface area contributed by atoms with E-state index < -0.39 is 0 Å². The number of carbonyl (C=O) groups excluding carboxylic acids is 1. The van der Waals surface area contributed by atoms with E-state index in [1.165, 1.54) is 40.4 Å². The molecule has 0 N–H and O–H groups in total. The van der Waals surface area contributed by atoms with E-state index in [1.807, 2.05) is 27.6 Å². The molecule has 1 aliphatic carbocycles. The second kappa shape index (κ2) is 7.54. The predicted molar refractivity (Wildman–Crippen MR) is 118 cm³/mol. The number of hydrogen-bond acceptors (Lipinski definition) is 6. The molecule has 2 aliphatic rings. The third kappa shape index (κ3) is 3.34. The van der Waals surface area contributed by atoms with Crippen LogP contribution in [-0.4, -0.2) is 48.7 Å². The molecule has 2 unspecified atom stereocenters. The summed E-state index contributed by atoms with van der Waals surface area (Å²) in [4.78, 5) is 22.2. The molecule has 4 heterocycles. The van der Waals surface area contributed by atoms with E-state index in [4.69, 9.17) is 4.98 Å². The Morgan fingerprint density at radius 2 is 2.10 bits per heavy atom. The van der Waals surface area contributed by atoms with Gasteiger partial charge in [0.25, 0.3) is 0 Å². The van der Waals surface area contributed by atoms with Gasteiger partial charge in [-0.15, -0.1) is 21.5 Å². The van der Waals surface area contributed by atoms with Crippen molar-refractivity contribution in [2.24, 2.45) is 5.92 Å². The zero-order valence-corrected chi connectivity index (χ0v) is 18.9. The van der Waals surface area contributed by atoms with Crippen LogP contribution in [0.25, 0.3) is 15.9 Å². The fourth-order valence-corrected chi connectivity index (χ4v) is 7.03. The van der Waals surface area contributed by atoms with Crippen LogP contribution in [0.1, 0.15) is 55.8 Å². The molecule has 1 saturated heterocycles. The van der Waals surface area contributed by atoms with Crippen LogP contribution in [0.2, 0.25) is 0 Å². The van der Waals surface area contributed by atoms with Crippen molar-refractivity contribution in [2.75, 3.05) is 12.3 Å². The summed E-state index contributed by atoms with van der Waals surface area (Å²) in [5, 5.41) is 11.0. The Bertz CT molecular complexity index is 1090. The van der Waals surface area contributed by atoms with E-state index in [2.05, 4.69) is 24.0 Å². The number of fused-ring (bicyclic) bond motifs is 5. The molecular formula is C21H27N5OS2. The van der Waals surface area contributed by atoms with Gasteiger partial charge >= 0.3 is 0 Å². The zero-order valence-electron chi connectivity index (χ0n) is 17.3. The van der Waals surface area contributed by atoms with E-state index in [-0.39, 0.29) is 5.91 Å². The number of hydrogen-bond donors (Lipinski definition) is 0. The lowest BCUT2D eigenvalue weighted by Gasteiger charge is -2.33. The fourth-order valence-electron chi connectivity index (χ4n) is 4.74. The Balaban J connectivity index is 1.46. The summed E-state index contributed by atoms with van der Waals surface area (Å²) in [5.74, 6) is 2.24. The van der Waals surface area contributed by atoms with Crippen LogP contribution < -0.4 is 0 Å². The van der Waals surface area contributed by atoms with Gasteiger partial charge in [0.2, 0.25) is 5.91 Å². The van der Waals surface area contributed by atoms with Crippen molar-refractivity contribution in [3.8, 4) is 0 Å². The Morgan fingerprint density at radius 3 is 2.93 bits per heavy atom. The van der Waals surface area contributed by atoms with Crippen molar-refractivity contribution >= 4 is 44.9 Å². The molecule has 0 radical (unpaired) electrons. The highest BCUT2D eigenvalue weighted by atomic mass is 32.2. The lowest BCUT2D eigenvalue weighted by atomic mass is 9.89. The minimum absolute atomic E-state index is 0.201. The molecule has 29 heavy (non-hydrogen) atoms. The Hall–Kier alpha value is -1.67. The van der Waals surface area contributed by atoms with Gasteiger partial charge in [0.15, 0.2) is 10.8 Å². The van der Waals surface area contributed by atoms with Crippen LogP contribution >= 0.6 is 23.1 Å². The lowest BCUT2D eigenvalue weighted by Crippen LogP contribution is -2.42. The number of thioether (sulfide) groups is 1. The maximum atomic E-state index is 12.8. The molecule has 0 saturated carbocycles. The minimum Gasteiger partial charge on any atom is -0.339 e. The second-order valence-electron chi connectivity index (χ2n) is 8.55. The van der Waals surface area contributed by atoms with Crippen LogP contribution in [0.3, 0.4) is 0 Å². The highest BCUT2D eigenvalue weighted by molar-refractivity contribution is 7.99. The Morgan fingerprint density at radius 1 is 1.24 bits per heavy atom. The first kappa shape index (κ1) is 19.3. The number of rotatable bonds is 3. The summed E-state index contributed by atoms with van der Waals surface area (Å²) in [6, 6.07) is 0.342. The van der Waals surface area contributed by atoms with Crippen LogP contribution in [0.5, 0.6) is 0 Å². The van der Waals surface area contributed by atoms with Crippen LogP contribution in [0.4, 0.5) is 0 Å². The molecule has 5 rings (SSSR count). The van der Waals surface area contributed by atoms with Crippen LogP contribution in [0.15, 0.2) is 5.16 Å². The first-order chi connectivity index (χ1) is 14.0. The average molecular weight is 430 g/mol. The highest BCUT2D eigenvalue weighted by Crippen LogP contribution is 2.39. The number of carbonyl (C=O) groups is 1. The zero-order chi connectivity index (χ0) is 20.1. The van der Waals surface area contributed by atoms with Gasteiger partial charge < -0.3 is 4.90 Å². The molecule has 1 fully saturated rings. The number of aryl methyl sites for hydroxylation is 2. The van der Waals surface area contributed by atoms with Gasteiger partial charge in [-0.3, -0.25) is 9.20 Å². The molecule has 1 aliphatic heterocycles. The topological polar surface area (TPSA) is 63.4 Å². The summed E-state index contributed by atoms with van der Waals surface area (Å²) < 4.78 is 2.05. The molecule has 8 heteroatoms. The third-order valence-electron chi connectivity index (χ3n) is 6.39. The molecule has 3 aromatic heterocycles. The molecule has 2 atom stereocenters. The highest BCUT2D eigenvalue weighted by Gasteiger charge is 2.26. The van der Waals surface area contributed by atoms with E-state index in [0.717, 1.165) is 59.6 Å². The monoisotopic (exact) mass is 429 g/mol. The van der Waals surface area contributed by atoms with Crippen molar-refractivity contribution < 1.29 is 4.79 Å². The number of likely N-dealkylation sites (tertiary alicyclic amines) is 1. The molecule has 6 nitrogen and oxygen atoms in total. The lowest BCUT2D eigenvalue weighted by molar-refractivity contribution is -0.131. The maximum absolute atomic E-state index is 12.8. The quantitative estimate of drug-likeness (QED) is 0.582. The van der Waals surface area contributed by atoms with Crippen molar-refractivity contribution in [1.29, 1.82) is 0 Å². The van der Waals surface area contributed by atoms with Crippen molar-refractivity contribution in [1.82, 2.24) is 24.5 Å². The van der Waals surface area contributed by atoms with Crippen molar-refractivity contribution in [3.05, 3.63) is 16.3 Å². The van der Waals surface area contributed by atoms with E-state index in [9.17, 15) is 4.79 Å². The number of piperidine rings is 1.